The highest BCUT2D eigenvalue weighted by atomic mass is 79.9. The number of aromatic carboxylic acids is 2. The quantitative estimate of drug-likeness (QED) is 0.467. The lowest BCUT2D eigenvalue weighted by molar-refractivity contribution is -0.402. The Balaban J connectivity index is 0.000000631. The molecule has 9 nitrogen and oxygen atoms in total. The van der Waals surface area contributed by atoms with Crippen molar-refractivity contribution in [2.45, 2.75) is 5.33 Å². The van der Waals surface area contributed by atoms with Gasteiger partial charge in [0.2, 0.25) is 0 Å². The van der Waals surface area contributed by atoms with Crippen LogP contribution in [0, 0.1) is 15.3 Å². The predicted molar refractivity (Wildman–Crippen MR) is 59.9 cm³/mol. The van der Waals surface area contributed by atoms with E-state index in [1.807, 2.05) is 0 Å². The molecular formula is C8H7BrN2O7. The number of H-pyrrole nitrogens is 1. The highest BCUT2D eigenvalue weighted by Crippen LogP contribution is 2.09. The van der Waals surface area contributed by atoms with E-state index in [1.165, 1.54) is 12.3 Å². The zero-order valence-corrected chi connectivity index (χ0v) is 10.2. The van der Waals surface area contributed by atoms with Crippen LogP contribution < -0.4 is 4.98 Å². The summed E-state index contributed by atoms with van der Waals surface area (Å²) in [5, 5.41) is 32.6. The van der Waals surface area contributed by atoms with Crippen LogP contribution in [0.4, 0.5) is 0 Å². The van der Waals surface area contributed by atoms with Crippen LogP contribution >= 0.6 is 15.9 Å². The van der Waals surface area contributed by atoms with Crippen molar-refractivity contribution < 1.29 is 29.9 Å². The second kappa shape index (κ2) is 7.17. The van der Waals surface area contributed by atoms with Gasteiger partial charge in [0, 0.05) is 10.9 Å². The number of hydrogen-bond acceptors (Lipinski definition) is 5. The number of rotatable bonds is 3. The Hall–Kier alpha value is -2.23. The predicted octanol–water partition coefficient (Wildman–Crippen LogP) is 0.553. The van der Waals surface area contributed by atoms with Crippen LogP contribution in [0.1, 0.15) is 26.4 Å². The van der Waals surface area contributed by atoms with E-state index in [2.05, 4.69) is 20.9 Å². The van der Waals surface area contributed by atoms with Gasteiger partial charge in [-0.2, -0.15) is 0 Å². The maximum atomic E-state index is 10.7. The third-order valence-corrected chi connectivity index (χ3v) is 2.25. The number of carbonyl (C=O) groups is 2. The van der Waals surface area contributed by atoms with Gasteiger partial charge < -0.3 is 25.5 Å². The molecule has 0 aliphatic carbocycles. The average Bonchev–Trinajstić information content (AvgIpc) is 2.27. The van der Waals surface area contributed by atoms with Crippen molar-refractivity contribution >= 4 is 27.9 Å². The van der Waals surface area contributed by atoms with Crippen molar-refractivity contribution in [1.29, 1.82) is 0 Å². The molecule has 0 fully saturated rings. The highest BCUT2D eigenvalue weighted by Gasteiger charge is 2.23. The Morgan fingerprint density at radius 2 is 1.83 bits per heavy atom. The van der Waals surface area contributed by atoms with Gasteiger partial charge in [-0.05, 0) is 6.07 Å². The van der Waals surface area contributed by atoms with Gasteiger partial charge in [-0.3, -0.25) is 0 Å². The van der Waals surface area contributed by atoms with E-state index < -0.39 is 17.0 Å². The van der Waals surface area contributed by atoms with Gasteiger partial charge in [-0.15, -0.1) is 0 Å². The number of carboxylic acids is 2. The van der Waals surface area contributed by atoms with Crippen molar-refractivity contribution in [1.82, 2.24) is 0 Å². The maximum absolute atomic E-state index is 10.7. The summed E-state index contributed by atoms with van der Waals surface area (Å²) in [4.78, 5) is 32.0. The molecule has 1 rings (SSSR count). The molecule has 1 aromatic heterocycles. The zero-order valence-electron chi connectivity index (χ0n) is 8.62. The third-order valence-electron chi connectivity index (χ3n) is 1.60. The molecule has 0 spiro atoms. The van der Waals surface area contributed by atoms with E-state index in [1.54, 1.807) is 0 Å². The molecule has 0 amide bonds. The van der Waals surface area contributed by atoms with Crippen LogP contribution in [0.2, 0.25) is 0 Å². The van der Waals surface area contributed by atoms with E-state index in [0.717, 1.165) is 0 Å². The number of carboxylic acid groups (broad SMARTS) is 2. The molecule has 0 aliphatic heterocycles. The molecule has 0 atom stereocenters. The van der Waals surface area contributed by atoms with Crippen LogP contribution in [-0.4, -0.2) is 27.2 Å². The van der Waals surface area contributed by atoms with Crippen molar-refractivity contribution in [3.63, 3.8) is 0 Å². The second-order valence-electron chi connectivity index (χ2n) is 2.76. The molecule has 98 valence electrons. The Labute approximate surface area is 108 Å². The van der Waals surface area contributed by atoms with Gasteiger partial charge >= 0.3 is 17.6 Å². The van der Waals surface area contributed by atoms with Crippen LogP contribution in [0.5, 0.6) is 0 Å². The Morgan fingerprint density at radius 3 is 2.17 bits per heavy atom. The first kappa shape index (κ1) is 15.8. The minimum Gasteiger partial charge on any atom is -0.477 e. The summed E-state index contributed by atoms with van der Waals surface area (Å²) in [6, 6.07) is 1.32. The van der Waals surface area contributed by atoms with E-state index in [4.69, 9.17) is 25.5 Å². The van der Waals surface area contributed by atoms with Crippen molar-refractivity contribution in [2.75, 3.05) is 0 Å². The van der Waals surface area contributed by atoms with Gasteiger partial charge in [0.15, 0.2) is 6.20 Å². The smallest absolute Gasteiger partial charge is 0.402 e. The molecule has 0 aliphatic rings. The third kappa shape index (κ3) is 5.21. The number of aromatic nitrogens is 1. The lowest BCUT2D eigenvalue weighted by atomic mass is 10.1. The summed E-state index contributed by atoms with van der Waals surface area (Å²) >= 11 is 3.14. The number of pyridine rings is 1. The standard InChI is InChI=1S/C8H6BrNO4.NO3/c9-2-4-1-5(7(11)12)6(8(13)14)10-3-4;2-1(3)4/h1,3H,2H2,(H,11,12)(H,13,14);/q;-1/p+1. The summed E-state index contributed by atoms with van der Waals surface area (Å²) in [5.74, 6) is -2.55. The molecule has 1 heterocycles. The SMILES string of the molecule is O=C(O)c1cc(CBr)c[nH+]c1C(=O)O.O=[N+]([O-])[O-]. The first-order valence-electron chi connectivity index (χ1n) is 4.18. The van der Waals surface area contributed by atoms with Gasteiger partial charge in [-0.25, -0.2) is 14.6 Å². The topological polar surface area (TPSA) is 155 Å². The van der Waals surface area contributed by atoms with Crippen LogP contribution in [0.25, 0.3) is 0 Å². The molecule has 0 saturated carbocycles. The molecule has 0 bridgehead atoms. The van der Waals surface area contributed by atoms with E-state index >= 15 is 0 Å². The van der Waals surface area contributed by atoms with Crippen molar-refractivity contribution in [2.24, 2.45) is 0 Å². The van der Waals surface area contributed by atoms with E-state index in [-0.39, 0.29) is 11.3 Å². The lowest BCUT2D eigenvalue weighted by Crippen LogP contribution is -2.22. The fraction of sp³-hybridized carbons (Fsp3) is 0.125. The highest BCUT2D eigenvalue weighted by molar-refractivity contribution is 9.08. The molecule has 0 saturated heterocycles. The summed E-state index contributed by atoms with van der Waals surface area (Å²) in [6.07, 6.45) is 1.45. The Morgan fingerprint density at radius 1 is 1.33 bits per heavy atom. The Kier molecular flexibility index (Phi) is 6.28. The lowest BCUT2D eigenvalue weighted by Gasteiger charge is -1.96. The monoisotopic (exact) mass is 322 g/mol. The van der Waals surface area contributed by atoms with E-state index in [0.29, 0.717) is 10.9 Å². The van der Waals surface area contributed by atoms with Gasteiger partial charge in [0.1, 0.15) is 5.56 Å². The molecule has 10 heteroatoms. The Bertz CT molecular complexity index is 473. The van der Waals surface area contributed by atoms with Crippen molar-refractivity contribution in [3.8, 4) is 0 Å². The van der Waals surface area contributed by atoms with Crippen LogP contribution in [0.3, 0.4) is 0 Å². The summed E-state index contributed by atoms with van der Waals surface area (Å²) < 4.78 is 0. The molecular weight excluding hydrogens is 316 g/mol. The van der Waals surface area contributed by atoms with Gasteiger partial charge in [0.25, 0.3) is 0 Å². The minimum absolute atomic E-state index is 0.241. The van der Waals surface area contributed by atoms with Gasteiger partial charge in [0.05, 0.1) is 5.09 Å². The van der Waals surface area contributed by atoms with Gasteiger partial charge in [-0.1, -0.05) is 15.9 Å². The van der Waals surface area contributed by atoms with E-state index in [9.17, 15) is 9.59 Å². The number of nitrogens with one attached hydrogen (secondary N) is 1. The average molecular weight is 323 g/mol. The van der Waals surface area contributed by atoms with Crippen molar-refractivity contribution in [3.05, 3.63) is 44.4 Å². The molecule has 0 radical (unpaired) electrons. The summed E-state index contributed by atoms with van der Waals surface area (Å²) in [5.41, 5.74) is 0.115. The maximum Gasteiger partial charge on any atom is 0.402 e. The number of hydrogen-bond donors (Lipinski definition) is 2. The molecule has 18 heavy (non-hydrogen) atoms. The number of halogens is 1. The zero-order chi connectivity index (χ0) is 14.3. The minimum atomic E-state index is -1.75. The first-order valence-corrected chi connectivity index (χ1v) is 5.30. The summed E-state index contributed by atoms with van der Waals surface area (Å²) in [7, 11) is 0. The number of aromatic amines is 1. The normalized spacial score (nSPS) is 8.94. The summed E-state index contributed by atoms with van der Waals surface area (Å²) in [6.45, 7) is 0. The number of nitrogens with zero attached hydrogens (tertiary/aromatic N) is 1. The molecule has 3 N–H and O–H groups in total. The molecule has 1 aromatic rings. The fourth-order valence-corrected chi connectivity index (χ4v) is 1.29. The fourth-order valence-electron chi connectivity index (χ4n) is 0.965. The van der Waals surface area contributed by atoms with Crippen LogP contribution in [0.15, 0.2) is 12.3 Å². The first-order chi connectivity index (χ1) is 8.29. The number of alkyl halides is 1. The molecule has 0 aromatic carbocycles. The second-order valence-corrected chi connectivity index (χ2v) is 3.32. The molecule has 0 unspecified atom stereocenters. The van der Waals surface area contributed by atoms with Crippen LogP contribution in [-0.2, 0) is 5.33 Å². The largest absolute Gasteiger partial charge is 0.477 e.